The van der Waals surface area contributed by atoms with Crippen molar-refractivity contribution in [3.8, 4) is 5.75 Å². The van der Waals surface area contributed by atoms with Gasteiger partial charge in [-0.05, 0) is 48.7 Å². The van der Waals surface area contributed by atoms with E-state index in [0.717, 1.165) is 22.8 Å². The fourth-order valence-corrected chi connectivity index (χ4v) is 1.37. The number of hydrogen-bond acceptors (Lipinski definition) is 2. The lowest BCUT2D eigenvalue weighted by Gasteiger charge is -2.05. The van der Waals surface area contributed by atoms with Crippen LogP contribution in [0.25, 0.3) is 6.08 Å². The lowest BCUT2D eigenvalue weighted by atomic mass is 10.0. The molecule has 0 radical (unpaired) electrons. The Kier molecular flexibility index (Phi) is 2.92. The maximum Gasteiger partial charge on any atom is 0.328 e. The minimum absolute atomic E-state index is 0.201. The summed E-state index contributed by atoms with van der Waals surface area (Å²) in [6.07, 6.45) is 2.62. The quantitative estimate of drug-likeness (QED) is 0.705. The molecule has 0 fully saturated rings. The SMILES string of the molecule is Cc1cc(O)cc(C)c1/C=C\C(=O)O. The van der Waals surface area contributed by atoms with E-state index in [1.54, 1.807) is 12.1 Å². The Hall–Kier alpha value is -1.77. The topological polar surface area (TPSA) is 57.5 Å². The van der Waals surface area contributed by atoms with Crippen LogP contribution in [0.15, 0.2) is 18.2 Å². The molecular weight excluding hydrogens is 180 g/mol. The summed E-state index contributed by atoms with van der Waals surface area (Å²) in [5.74, 6) is -0.774. The van der Waals surface area contributed by atoms with Gasteiger partial charge in [-0.1, -0.05) is 0 Å². The Morgan fingerprint density at radius 1 is 1.29 bits per heavy atom. The normalized spacial score (nSPS) is 10.7. The molecule has 0 aromatic heterocycles. The Labute approximate surface area is 82.3 Å². The predicted octanol–water partition coefficient (Wildman–Crippen LogP) is 2.11. The number of carboxylic acids is 1. The van der Waals surface area contributed by atoms with Crippen LogP contribution in [0, 0.1) is 13.8 Å². The number of carbonyl (C=O) groups is 1. The summed E-state index contributed by atoms with van der Waals surface area (Å²) >= 11 is 0. The molecule has 0 aliphatic carbocycles. The number of aromatic hydroxyl groups is 1. The van der Waals surface area contributed by atoms with Crippen molar-refractivity contribution in [2.45, 2.75) is 13.8 Å². The largest absolute Gasteiger partial charge is 0.508 e. The Balaban J connectivity index is 3.15. The van der Waals surface area contributed by atoms with E-state index in [4.69, 9.17) is 5.11 Å². The van der Waals surface area contributed by atoms with Crippen LogP contribution in [0.4, 0.5) is 0 Å². The molecule has 2 N–H and O–H groups in total. The summed E-state index contributed by atoms with van der Waals surface area (Å²) in [6.45, 7) is 3.66. The third-order valence-corrected chi connectivity index (χ3v) is 1.97. The van der Waals surface area contributed by atoms with Gasteiger partial charge in [-0.15, -0.1) is 0 Å². The molecule has 3 nitrogen and oxygen atoms in total. The lowest BCUT2D eigenvalue weighted by molar-refractivity contribution is -0.131. The molecule has 3 heteroatoms. The first-order valence-electron chi connectivity index (χ1n) is 4.22. The van der Waals surface area contributed by atoms with Crippen molar-refractivity contribution in [1.29, 1.82) is 0 Å². The number of benzene rings is 1. The molecule has 0 aliphatic rings. The summed E-state index contributed by atoms with van der Waals surface area (Å²) in [7, 11) is 0. The molecule has 0 amide bonds. The van der Waals surface area contributed by atoms with Crippen LogP contribution in [0.5, 0.6) is 5.75 Å². The summed E-state index contributed by atoms with van der Waals surface area (Å²) in [4.78, 5) is 10.3. The molecular formula is C11H12O3. The van der Waals surface area contributed by atoms with E-state index >= 15 is 0 Å². The van der Waals surface area contributed by atoms with Gasteiger partial charge in [-0.2, -0.15) is 0 Å². The molecule has 1 aromatic carbocycles. The number of rotatable bonds is 2. The summed E-state index contributed by atoms with van der Waals surface area (Å²) < 4.78 is 0. The smallest absolute Gasteiger partial charge is 0.328 e. The van der Waals surface area contributed by atoms with E-state index in [1.807, 2.05) is 13.8 Å². The zero-order chi connectivity index (χ0) is 10.7. The molecule has 1 aromatic rings. The van der Waals surface area contributed by atoms with E-state index in [2.05, 4.69) is 0 Å². The number of phenolic OH excluding ortho intramolecular Hbond substituents is 1. The van der Waals surface area contributed by atoms with Gasteiger partial charge in [0.15, 0.2) is 0 Å². The Morgan fingerprint density at radius 2 is 1.79 bits per heavy atom. The summed E-state index contributed by atoms with van der Waals surface area (Å²) in [6, 6.07) is 3.21. The van der Waals surface area contributed by atoms with Gasteiger partial charge in [0.25, 0.3) is 0 Å². The van der Waals surface area contributed by atoms with E-state index in [1.165, 1.54) is 6.08 Å². The third-order valence-electron chi connectivity index (χ3n) is 1.97. The molecule has 0 saturated heterocycles. The zero-order valence-corrected chi connectivity index (χ0v) is 8.11. The molecule has 0 atom stereocenters. The van der Waals surface area contributed by atoms with Crippen LogP contribution < -0.4 is 0 Å². The second kappa shape index (κ2) is 3.96. The molecule has 0 unspecified atom stereocenters. The highest BCUT2D eigenvalue weighted by Gasteiger charge is 2.01. The van der Waals surface area contributed by atoms with Crippen LogP contribution in [0.2, 0.25) is 0 Å². The highest BCUT2D eigenvalue weighted by atomic mass is 16.4. The van der Waals surface area contributed by atoms with Gasteiger partial charge >= 0.3 is 5.97 Å². The molecule has 0 aliphatic heterocycles. The van der Waals surface area contributed by atoms with Gasteiger partial charge in [-0.25, -0.2) is 4.79 Å². The van der Waals surface area contributed by atoms with E-state index in [-0.39, 0.29) is 5.75 Å². The standard InChI is InChI=1S/C11H12O3/c1-7-5-9(12)6-8(2)10(7)3-4-11(13)14/h3-6,12H,1-2H3,(H,13,14)/b4-3-. The van der Waals surface area contributed by atoms with Crippen molar-refractivity contribution in [3.05, 3.63) is 34.9 Å². The number of hydrogen-bond donors (Lipinski definition) is 2. The lowest BCUT2D eigenvalue weighted by Crippen LogP contribution is -1.89. The summed E-state index contributed by atoms with van der Waals surface area (Å²) in [5.41, 5.74) is 2.56. The van der Waals surface area contributed by atoms with Crippen molar-refractivity contribution in [3.63, 3.8) is 0 Å². The highest BCUT2D eigenvalue weighted by molar-refractivity contribution is 5.86. The first-order chi connectivity index (χ1) is 6.50. The maximum absolute atomic E-state index is 10.3. The van der Waals surface area contributed by atoms with Crippen molar-refractivity contribution in [2.75, 3.05) is 0 Å². The number of aryl methyl sites for hydroxylation is 2. The predicted molar refractivity (Wildman–Crippen MR) is 54.3 cm³/mol. The average molecular weight is 192 g/mol. The molecule has 74 valence electrons. The third kappa shape index (κ3) is 2.36. The van der Waals surface area contributed by atoms with Crippen molar-refractivity contribution < 1.29 is 15.0 Å². The Morgan fingerprint density at radius 3 is 2.21 bits per heavy atom. The second-order valence-corrected chi connectivity index (χ2v) is 3.16. The van der Waals surface area contributed by atoms with Gasteiger partial charge in [-0.3, -0.25) is 0 Å². The van der Waals surface area contributed by atoms with Crippen molar-refractivity contribution in [2.24, 2.45) is 0 Å². The fourth-order valence-electron chi connectivity index (χ4n) is 1.37. The van der Waals surface area contributed by atoms with Crippen molar-refractivity contribution in [1.82, 2.24) is 0 Å². The average Bonchev–Trinajstić information content (AvgIpc) is 2.01. The molecule has 0 saturated carbocycles. The van der Waals surface area contributed by atoms with Crippen LogP contribution in [0.1, 0.15) is 16.7 Å². The second-order valence-electron chi connectivity index (χ2n) is 3.16. The molecule has 0 heterocycles. The van der Waals surface area contributed by atoms with Gasteiger partial charge in [0.1, 0.15) is 5.75 Å². The van der Waals surface area contributed by atoms with E-state index < -0.39 is 5.97 Å². The van der Waals surface area contributed by atoms with Crippen LogP contribution in [-0.2, 0) is 4.79 Å². The fraction of sp³-hybridized carbons (Fsp3) is 0.182. The minimum atomic E-state index is -0.975. The monoisotopic (exact) mass is 192 g/mol. The zero-order valence-electron chi connectivity index (χ0n) is 8.11. The molecule has 1 rings (SSSR count). The Bertz CT molecular complexity index is 369. The molecule has 14 heavy (non-hydrogen) atoms. The van der Waals surface area contributed by atoms with Crippen LogP contribution >= 0.6 is 0 Å². The number of phenols is 1. The highest BCUT2D eigenvalue weighted by Crippen LogP contribution is 2.21. The number of carboxylic acid groups (broad SMARTS) is 1. The summed E-state index contributed by atoms with van der Waals surface area (Å²) in [5, 5.41) is 17.7. The van der Waals surface area contributed by atoms with Gasteiger partial charge in [0.2, 0.25) is 0 Å². The van der Waals surface area contributed by atoms with Gasteiger partial charge in [0, 0.05) is 6.08 Å². The maximum atomic E-state index is 10.3. The van der Waals surface area contributed by atoms with Crippen LogP contribution in [0.3, 0.4) is 0 Å². The van der Waals surface area contributed by atoms with E-state index in [9.17, 15) is 9.90 Å². The first-order valence-corrected chi connectivity index (χ1v) is 4.22. The number of aliphatic carboxylic acids is 1. The molecule has 0 spiro atoms. The first kappa shape index (κ1) is 10.3. The van der Waals surface area contributed by atoms with Crippen molar-refractivity contribution >= 4 is 12.0 Å². The van der Waals surface area contributed by atoms with Gasteiger partial charge < -0.3 is 10.2 Å². The van der Waals surface area contributed by atoms with E-state index in [0.29, 0.717) is 0 Å². The molecule has 0 bridgehead atoms. The minimum Gasteiger partial charge on any atom is -0.508 e. The van der Waals surface area contributed by atoms with Gasteiger partial charge in [0.05, 0.1) is 0 Å². The van der Waals surface area contributed by atoms with Crippen LogP contribution in [-0.4, -0.2) is 16.2 Å².